The summed E-state index contributed by atoms with van der Waals surface area (Å²) in [6, 6.07) is 18.3. The van der Waals surface area contributed by atoms with Crippen LogP contribution in [0.15, 0.2) is 76.4 Å². The molecule has 11 heteroatoms. The Kier molecular flexibility index (Phi) is 7.57. The fraction of sp³-hybridized carbons (Fsp3) is 0.429. The van der Waals surface area contributed by atoms with Gasteiger partial charge in [0.2, 0.25) is 0 Å². The summed E-state index contributed by atoms with van der Waals surface area (Å²) in [5.74, 6) is 0. The third-order valence-corrected chi connectivity index (χ3v) is 7.69. The largest absolute Gasteiger partial charge is 0.390 e. The van der Waals surface area contributed by atoms with E-state index >= 15 is 0 Å². The Balaban J connectivity index is 1.59. The summed E-state index contributed by atoms with van der Waals surface area (Å²) < 4.78 is 19.7. The van der Waals surface area contributed by atoms with Gasteiger partial charge in [-0.15, -0.1) is 0 Å². The molecule has 11 nitrogen and oxygen atoms in total. The Labute approximate surface area is 223 Å². The molecule has 1 saturated heterocycles. The number of rotatable bonds is 8. The van der Waals surface area contributed by atoms with Gasteiger partial charge in [-0.2, -0.15) is 0 Å². The number of aryl methyl sites for hydroxylation is 1. The van der Waals surface area contributed by atoms with Crippen molar-refractivity contribution in [2.24, 2.45) is 0 Å². The SMILES string of the molecule is Cc1cn([C@@H]2O[C@@]3(COCc4ccccc4)[C@@H](O)[C@H](O)[C@H](O)C[C@]3(OCc3ccccc3)[C@H]2O)c(=O)[nH]c1=O. The van der Waals surface area contributed by atoms with Crippen molar-refractivity contribution >= 4 is 0 Å². The van der Waals surface area contributed by atoms with Crippen molar-refractivity contribution in [3.63, 3.8) is 0 Å². The van der Waals surface area contributed by atoms with Crippen LogP contribution in [0.5, 0.6) is 0 Å². The first kappa shape index (κ1) is 27.4. The molecule has 2 aliphatic rings. The maximum Gasteiger partial charge on any atom is 0.330 e. The number of fused-ring (bicyclic) bond motifs is 1. The lowest BCUT2D eigenvalue weighted by Gasteiger charge is -2.53. The maximum atomic E-state index is 12.8. The van der Waals surface area contributed by atoms with Crippen LogP contribution in [0.2, 0.25) is 0 Å². The molecule has 0 amide bonds. The van der Waals surface area contributed by atoms with Crippen LogP contribution in [0.3, 0.4) is 0 Å². The number of aliphatic hydroxyl groups excluding tert-OH is 4. The van der Waals surface area contributed by atoms with E-state index in [0.717, 1.165) is 15.7 Å². The highest BCUT2D eigenvalue weighted by atomic mass is 16.6. The minimum atomic E-state index is -1.91. The first-order valence-electron chi connectivity index (χ1n) is 12.7. The van der Waals surface area contributed by atoms with Gasteiger partial charge in [-0.3, -0.25) is 14.3 Å². The summed E-state index contributed by atoms with van der Waals surface area (Å²) in [4.78, 5) is 27.0. The molecule has 1 aromatic heterocycles. The van der Waals surface area contributed by atoms with Crippen LogP contribution >= 0.6 is 0 Å². The average Bonchev–Trinajstić information content (AvgIpc) is 3.18. The molecule has 208 valence electrons. The fourth-order valence-electron chi connectivity index (χ4n) is 5.56. The number of nitrogens with one attached hydrogen (secondary N) is 1. The molecule has 0 spiro atoms. The van der Waals surface area contributed by atoms with Crippen LogP contribution in [-0.2, 0) is 27.4 Å². The highest BCUT2D eigenvalue weighted by molar-refractivity contribution is 5.24. The molecule has 0 unspecified atom stereocenters. The molecule has 0 bridgehead atoms. The van der Waals surface area contributed by atoms with Crippen molar-refractivity contribution in [1.82, 2.24) is 9.55 Å². The highest BCUT2D eigenvalue weighted by Gasteiger charge is 2.74. The molecular weight excluding hydrogens is 508 g/mol. The summed E-state index contributed by atoms with van der Waals surface area (Å²) >= 11 is 0. The number of aromatic amines is 1. The van der Waals surface area contributed by atoms with Crippen molar-refractivity contribution in [2.75, 3.05) is 6.61 Å². The van der Waals surface area contributed by atoms with E-state index in [-0.39, 0.29) is 31.8 Å². The first-order valence-corrected chi connectivity index (χ1v) is 12.7. The van der Waals surface area contributed by atoms with Crippen molar-refractivity contribution in [3.8, 4) is 0 Å². The third kappa shape index (κ3) is 4.76. The zero-order valence-electron chi connectivity index (χ0n) is 21.3. The van der Waals surface area contributed by atoms with Gasteiger partial charge in [0.15, 0.2) is 11.8 Å². The lowest BCUT2D eigenvalue weighted by molar-refractivity contribution is -0.298. The molecule has 1 aliphatic carbocycles. The summed E-state index contributed by atoms with van der Waals surface area (Å²) in [5, 5.41) is 44.8. The summed E-state index contributed by atoms with van der Waals surface area (Å²) in [6.07, 6.45) is -7.07. The molecular formula is C28H32N2O9. The van der Waals surface area contributed by atoms with Crippen molar-refractivity contribution in [3.05, 3.63) is 104 Å². The maximum absolute atomic E-state index is 12.8. The van der Waals surface area contributed by atoms with Crippen LogP contribution < -0.4 is 11.2 Å². The Hall–Kier alpha value is -3.16. The number of nitrogens with zero attached hydrogens (tertiary/aromatic N) is 1. The van der Waals surface area contributed by atoms with E-state index in [1.807, 2.05) is 60.7 Å². The smallest absolute Gasteiger partial charge is 0.330 e. The van der Waals surface area contributed by atoms with Crippen LogP contribution in [0, 0.1) is 6.92 Å². The summed E-state index contributed by atoms with van der Waals surface area (Å²) in [5.41, 5.74) is -3.42. The molecule has 2 heterocycles. The number of aliphatic hydroxyl groups is 4. The van der Waals surface area contributed by atoms with Gasteiger partial charge >= 0.3 is 5.69 Å². The standard InChI is InChI=1S/C28H32N2O9/c1-17-13-30(26(36)29-24(17)35)25-23(34)27(38-15-19-10-6-3-7-11-19)12-20(31)21(32)22(33)28(27,39-25)16-37-14-18-8-4-2-5-9-18/h2-11,13,20-23,25,31-34H,12,14-16H2,1H3,(H,29,35,36)/t20-,21-,22+,23+,25-,27+,28+/m1/s1. The van der Waals surface area contributed by atoms with Crippen molar-refractivity contribution < 1.29 is 34.6 Å². The van der Waals surface area contributed by atoms with E-state index in [1.54, 1.807) is 0 Å². The fourth-order valence-corrected chi connectivity index (χ4v) is 5.56. The minimum Gasteiger partial charge on any atom is -0.390 e. The number of ether oxygens (including phenoxy) is 3. The van der Waals surface area contributed by atoms with Crippen molar-refractivity contribution in [1.29, 1.82) is 0 Å². The molecule has 2 aromatic carbocycles. The first-order chi connectivity index (χ1) is 18.7. The van der Waals surface area contributed by atoms with Gasteiger partial charge in [0.1, 0.15) is 23.9 Å². The molecule has 39 heavy (non-hydrogen) atoms. The number of hydrogen-bond donors (Lipinski definition) is 5. The molecule has 1 saturated carbocycles. The van der Waals surface area contributed by atoms with Crippen LogP contribution in [-0.4, -0.2) is 72.2 Å². The second-order valence-electron chi connectivity index (χ2n) is 10.2. The Morgan fingerprint density at radius 3 is 2.21 bits per heavy atom. The van der Waals surface area contributed by atoms with Crippen molar-refractivity contribution in [2.45, 2.75) is 68.4 Å². The van der Waals surface area contributed by atoms with Crippen LogP contribution in [0.4, 0.5) is 0 Å². The Bertz CT molecular complexity index is 1400. The zero-order valence-corrected chi connectivity index (χ0v) is 21.3. The number of H-pyrrole nitrogens is 1. The van der Waals surface area contributed by atoms with Gasteiger partial charge < -0.3 is 34.6 Å². The summed E-state index contributed by atoms with van der Waals surface area (Å²) in [7, 11) is 0. The summed E-state index contributed by atoms with van der Waals surface area (Å²) in [6.45, 7) is 1.21. The minimum absolute atomic E-state index is 0.0382. The molecule has 3 aromatic rings. The molecule has 7 atom stereocenters. The Morgan fingerprint density at radius 2 is 1.56 bits per heavy atom. The zero-order chi connectivity index (χ0) is 27.8. The topological polar surface area (TPSA) is 163 Å². The predicted molar refractivity (Wildman–Crippen MR) is 138 cm³/mol. The average molecular weight is 541 g/mol. The third-order valence-electron chi connectivity index (χ3n) is 7.69. The van der Waals surface area contributed by atoms with Gasteiger partial charge in [0, 0.05) is 18.2 Å². The normalized spacial score (nSPS) is 32.2. The van der Waals surface area contributed by atoms with E-state index < -0.39 is 53.1 Å². The lowest BCUT2D eigenvalue weighted by Crippen LogP contribution is -2.74. The van der Waals surface area contributed by atoms with E-state index in [1.165, 1.54) is 13.1 Å². The van der Waals surface area contributed by atoms with Gasteiger partial charge in [-0.1, -0.05) is 60.7 Å². The second-order valence-corrected chi connectivity index (χ2v) is 10.2. The lowest BCUT2D eigenvalue weighted by atomic mass is 9.66. The van der Waals surface area contributed by atoms with E-state index in [0.29, 0.717) is 0 Å². The van der Waals surface area contributed by atoms with Crippen LogP contribution in [0.1, 0.15) is 29.3 Å². The van der Waals surface area contributed by atoms with E-state index in [9.17, 15) is 30.0 Å². The second kappa shape index (κ2) is 10.8. The van der Waals surface area contributed by atoms with Gasteiger partial charge in [0.05, 0.1) is 25.9 Å². The monoisotopic (exact) mass is 540 g/mol. The van der Waals surface area contributed by atoms with Gasteiger partial charge in [0.25, 0.3) is 5.56 Å². The predicted octanol–water partition coefficient (Wildman–Crippen LogP) is 0.132. The molecule has 0 radical (unpaired) electrons. The molecule has 5 N–H and O–H groups in total. The number of benzene rings is 2. The molecule has 1 aliphatic heterocycles. The van der Waals surface area contributed by atoms with E-state index in [2.05, 4.69) is 4.98 Å². The number of aromatic nitrogens is 2. The van der Waals surface area contributed by atoms with E-state index in [4.69, 9.17) is 14.2 Å². The van der Waals surface area contributed by atoms with Gasteiger partial charge in [-0.25, -0.2) is 4.79 Å². The number of hydrogen-bond acceptors (Lipinski definition) is 9. The van der Waals surface area contributed by atoms with Crippen LogP contribution in [0.25, 0.3) is 0 Å². The Morgan fingerprint density at radius 1 is 0.949 bits per heavy atom. The highest BCUT2D eigenvalue weighted by Crippen LogP contribution is 2.55. The molecule has 2 fully saturated rings. The quantitative estimate of drug-likeness (QED) is 0.267. The molecule has 5 rings (SSSR count). The van der Waals surface area contributed by atoms with Gasteiger partial charge in [-0.05, 0) is 18.1 Å².